The van der Waals surface area contributed by atoms with Gasteiger partial charge in [0.25, 0.3) is 0 Å². The van der Waals surface area contributed by atoms with E-state index in [0.29, 0.717) is 11.5 Å². The fraction of sp³-hybridized carbons (Fsp3) is 0.833. The van der Waals surface area contributed by atoms with Gasteiger partial charge in [0, 0.05) is 18.4 Å². The zero-order valence-electron chi connectivity index (χ0n) is 6.15. The van der Waals surface area contributed by atoms with Crippen molar-refractivity contribution in [2.45, 2.75) is 19.1 Å². The third kappa shape index (κ3) is 2.92. The molecule has 1 saturated heterocycles. The Labute approximate surface area is 73.3 Å². The molecular formula is C6H10O3S2. The zero-order chi connectivity index (χ0) is 8.27. The van der Waals surface area contributed by atoms with E-state index in [2.05, 4.69) is 0 Å². The Balaban J connectivity index is 2.35. The largest absolute Gasteiger partial charge is 0.459 e. The van der Waals surface area contributed by atoms with E-state index in [1.54, 1.807) is 21.6 Å². The van der Waals surface area contributed by atoms with Crippen LogP contribution in [0.3, 0.4) is 0 Å². The van der Waals surface area contributed by atoms with Crippen LogP contribution in [0.1, 0.15) is 6.92 Å². The van der Waals surface area contributed by atoms with Crippen molar-refractivity contribution >= 4 is 27.6 Å². The molecule has 5 heteroatoms. The summed E-state index contributed by atoms with van der Waals surface area (Å²) in [5.74, 6) is 1.01. The van der Waals surface area contributed by atoms with Gasteiger partial charge in [-0.2, -0.15) is 0 Å². The number of aliphatic hydroxyl groups is 1. The summed E-state index contributed by atoms with van der Waals surface area (Å²) >= 11 is 0. The Bertz CT molecular complexity index is 151. The highest BCUT2D eigenvalue weighted by Gasteiger charge is 2.26. The first kappa shape index (κ1) is 9.22. The molecule has 0 radical (unpaired) electrons. The van der Waals surface area contributed by atoms with Crippen molar-refractivity contribution in [2.75, 3.05) is 11.5 Å². The van der Waals surface area contributed by atoms with Crippen LogP contribution >= 0.6 is 21.6 Å². The third-order valence-electron chi connectivity index (χ3n) is 1.30. The minimum Gasteiger partial charge on any atom is -0.459 e. The molecule has 1 N–H and O–H groups in total. The van der Waals surface area contributed by atoms with Crippen LogP contribution in [0, 0.1) is 0 Å². The summed E-state index contributed by atoms with van der Waals surface area (Å²) in [6.07, 6.45) is -0.802. The average molecular weight is 194 g/mol. The highest BCUT2D eigenvalue weighted by atomic mass is 33.1. The SMILES string of the molecule is CC(=O)OC1CSSCC1O. The zero-order valence-corrected chi connectivity index (χ0v) is 7.78. The van der Waals surface area contributed by atoms with Crippen LogP contribution in [0.4, 0.5) is 0 Å². The van der Waals surface area contributed by atoms with E-state index < -0.39 is 6.10 Å². The molecule has 1 fully saturated rings. The molecule has 0 spiro atoms. The molecule has 0 aliphatic carbocycles. The van der Waals surface area contributed by atoms with Crippen LogP contribution in [0.2, 0.25) is 0 Å². The van der Waals surface area contributed by atoms with Gasteiger partial charge in [-0.1, -0.05) is 21.6 Å². The summed E-state index contributed by atoms with van der Waals surface area (Å²) in [5, 5.41) is 9.31. The minimum absolute atomic E-state index is 0.307. The first-order valence-electron chi connectivity index (χ1n) is 3.30. The molecule has 0 aromatic rings. The van der Waals surface area contributed by atoms with E-state index >= 15 is 0 Å². The van der Waals surface area contributed by atoms with Crippen LogP contribution in [-0.2, 0) is 9.53 Å². The van der Waals surface area contributed by atoms with Gasteiger partial charge in [-0.15, -0.1) is 0 Å². The number of esters is 1. The molecule has 0 bridgehead atoms. The molecule has 2 unspecified atom stereocenters. The van der Waals surface area contributed by atoms with Gasteiger partial charge in [-0.3, -0.25) is 4.79 Å². The van der Waals surface area contributed by atoms with Gasteiger partial charge < -0.3 is 9.84 Å². The van der Waals surface area contributed by atoms with Gasteiger partial charge in [0.15, 0.2) is 0 Å². The number of rotatable bonds is 1. The van der Waals surface area contributed by atoms with Crippen molar-refractivity contribution in [3.8, 4) is 0 Å². The highest BCUT2D eigenvalue weighted by Crippen LogP contribution is 2.30. The number of ether oxygens (including phenoxy) is 1. The fourth-order valence-electron chi connectivity index (χ4n) is 0.777. The first-order chi connectivity index (χ1) is 5.20. The Hall–Kier alpha value is 0.130. The molecule has 1 aliphatic rings. The van der Waals surface area contributed by atoms with Gasteiger partial charge in [0.2, 0.25) is 0 Å². The predicted molar refractivity (Wildman–Crippen MR) is 46.5 cm³/mol. The number of carbonyl (C=O) groups excluding carboxylic acids is 1. The Kier molecular flexibility index (Phi) is 3.54. The molecule has 1 aliphatic heterocycles. The van der Waals surface area contributed by atoms with E-state index in [1.807, 2.05) is 0 Å². The summed E-state index contributed by atoms with van der Waals surface area (Å²) in [7, 11) is 3.24. The van der Waals surface area contributed by atoms with Crippen molar-refractivity contribution in [3.63, 3.8) is 0 Å². The van der Waals surface area contributed by atoms with Crippen LogP contribution in [0.25, 0.3) is 0 Å². The first-order valence-corrected chi connectivity index (χ1v) is 5.78. The standard InChI is InChI=1S/C6H10O3S2/c1-4(7)9-6-3-11-10-2-5(6)8/h5-6,8H,2-3H2,1H3. The maximum atomic E-state index is 10.5. The van der Waals surface area contributed by atoms with Crippen molar-refractivity contribution < 1.29 is 14.6 Å². The van der Waals surface area contributed by atoms with Crippen molar-refractivity contribution in [2.24, 2.45) is 0 Å². The lowest BCUT2D eigenvalue weighted by Crippen LogP contribution is -2.36. The monoisotopic (exact) mass is 194 g/mol. The second-order valence-corrected chi connectivity index (χ2v) is 4.84. The molecular weight excluding hydrogens is 184 g/mol. The van der Waals surface area contributed by atoms with Crippen molar-refractivity contribution in [1.29, 1.82) is 0 Å². The van der Waals surface area contributed by atoms with Gasteiger partial charge in [0.1, 0.15) is 12.2 Å². The summed E-state index contributed by atoms with van der Waals surface area (Å²) < 4.78 is 4.88. The Morgan fingerprint density at radius 3 is 2.73 bits per heavy atom. The molecule has 2 atom stereocenters. The number of hydrogen-bond acceptors (Lipinski definition) is 5. The fourth-order valence-corrected chi connectivity index (χ4v) is 3.15. The second kappa shape index (κ2) is 4.23. The molecule has 3 nitrogen and oxygen atoms in total. The normalized spacial score (nSPS) is 31.5. The summed E-state index contributed by atoms with van der Waals surface area (Å²) in [5.41, 5.74) is 0. The third-order valence-corrected chi connectivity index (χ3v) is 3.73. The maximum Gasteiger partial charge on any atom is 0.303 e. The minimum atomic E-state index is -0.495. The van der Waals surface area contributed by atoms with Crippen LogP contribution in [-0.4, -0.2) is 34.8 Å². The lowest BCUT2D eigenvalue weighted by Gasteiger charge is -2.25. The quantitative estimate of drug-likeness (QED) is 0.491. The average Bonchev–Trinajstić information content (AvgIpc) is 1.93. The van der Waals surface area contributed by atoms with Crippen LogP contribution in [0.15, 0.2) is 0 Å². The molecule has 64 valence electrons. The molecule has 0 aromatic heterocycles. The van der Waals surface area contributed by atoms with Crippen molar-refractivity contribution in [1.82, 2.24) is 0 Å². The van der Waals surface area contributed by atoms with Gasteiger partial charge in [0.05, 0.1) is 0 Å². The van der Waals surface area contributed by atoms with E-state index in [4.69, 9.17) is 4.74 Å². The second-order valence-electron chi connectivity index (χ2n) is 2.28. The summed E-state index contributed by atoms with van der Waals surface area (Å²) in [4.78, 5) is 10.5. The van der Waals surface area contributed by atoms with E-state index in [0.717, 1.165) is 0 Å². The molecule has 0 saturated carbocycles. The Morgan fingerprint density at radius 1 is 1.55 bits per heavy atom. The van der Waals surface area contributed by atoms with Gasteiger partial charge in [-0.25, -0.2) is 0 Å². The van der Waals surface area contributed by atoms with E-state index in [9.17, 15) is 9.90 Å². The van der Waals surface area contributed by atoms with Gasteiger partial charge in [-0.05, 0) is 0 Å². The number of hydrogen-bond donors (Lipinski definition) is 1. The summed E-state index contributed by atoms with van der Waals surface area (Å²) in [6, 6.07) is 0. The lowest BCUT2D eigenvalue weighted by atomic mass is 10.2. The molecule has 0 aromatic carbocycles. The lowest BCUT2D eigenvalue weighted by molar-refractivity contribution is -0.149. The molecule has 0 amide bonds. The smallest absolute Gasteiger partial charge is 0.303 e. The van der Waals surface area contributed by atoms with Crippen LogP contribution in [0.5, 0.6) is 0 Å². The predicted octanol–water partition coefficient (Wildman–Crippen LogP) is 0.674. The highest BCUT2D eigenvalue weighted by molar-refractivity contribution is 8.76. The Morgan fingerprint density at radius 2 is 2.18 bits per heavy atom. The van der Waals surface area contributed by atoms with E-state index in [1.165, 1.54) is 6.92 Å². The van der Waals surface area contributed by atoms with Crippen LogP contribution < -0.4 is 0 Å². The number of carbonyl (C=O) groups is 1. The maximum absolute atomic E-state index is 10.5. The number of aliphatic hydroxyl groups excluding tert-OH is 1. The molecule has 1 heterocycles. The molecule has 1 rings (SSSR count). The van der Waals surface area contributed by atoms with Gasteiger partial charge >= 0.3 is 5.97 Å². The topological polar surface area (TPSA) is 46.5 Å². The van der Waals surface area contributed by atoms with E-state index in [-0.39, 0.29) is 12.1 Å². The van der Waals surface area contributed by atoms with Crippen molar-refractivity contribution in [3.05, 3.63) is 0 Å². The summed E-state index contributed by atoms with van der Waals surface area (Å²) in [6.45, 7) is 1.36. The molecule has 11 heavy (non-hydrogen) atoms.